The van der Waals surface area contributed by atoms with Crippen LogP contribution >= 0.6 is 0 Å². The Labute approximate surface area is 172 Å². The van der Waals surface area contributed by atoms with Gasteiger partial charge in [0.15, 0.2) is 28.6 Å². The van der Waals surface area contributed by atoms with Crippen molar-refractivity contribution in [2.45, 2.75) is 13.8 Å². The highest BCUT2D eigenvalue weighted by atomic mass is 16.5. The van der Waals surface area contributed by atoms with Gasteiger partial charge in [0.2, 0.25) is 16.9 Å². The maximum atomic E-state index is 12.8. The van der Waals surface area contributed by atoms with Crippen LogP contribution in [0.1, 0.15) is 13.8 Å². The topological polar surface area (TPSA) is 119 Å². The van der Waals surface area contributed by atoms with Gasteiger partial charge in [0, 0.05) is 11.6 Å². The largest absolute Gasteiger partial charge is 0.507 e. The van der Waals surface area contributed by atoms with Crippen molar-refractivity contribution in [2.75, 3.05) is 20.8 Å². The average Bonchev–Trinajstić information content (AvgIpc) is 2.70. The van der Waals surface area contributed by atoms with E-state index in [4.69, 9.17) is 18.6 Å². The number of ether oxygens (including phenoxy) is 3. The number of aromatic hydroxyl groups is 3. The Morgan fingerprint density at radius 1 is 1.03 bits per heavy atom. The number of phenols is 2. The summed E-state index contributed by atoms with van der Waals surface area (Å²) in [6, 6.07) is 5.43. The third-order valence-electron chi connectivity index (χ3n) is 4.42. The first-order valence-corrected chi connectivity index (χ1v) is 9.01. The van der Waals surface area contributed by atoms with E-state index in [1.807, 2.05) is 19.9 Å². The Balaban J connectivity index is 2.28. The first-order chi connectivity index (χ1) is 14.3. The molecule has 0 bridgehead atoms. The second-order valence-electron chi connectivity index (χ2n) is 6.72. The molecule has 8 nitrogen and oxygen atoms in total. The van der Waals surface area contributed by atoms with Crippen LogP contribution in [0.25, 0.3) is 22.3 Å². The summed E-state index contributed by atoms with van der Waals surface area (Å²) in [6.45, 7) is 4.05. The second kappa shape index (κ2) is 8.28. The summed E-state index contributed by atoms with van der Waals surface area (Å²) in [5, 5.41) is 30.4. The molecule has 0 aliphatic rings. The van der Waals surface area contributed by atoms with E-state index in [1.54, 1.807) is 0 Å². The highest BCUT2D eigenvalue weighted by Crippen LogP contribution is 2.43. The van der Waals surface area contributed by atoms with Crippen molar-refractivity contribution in [3.05, 3.63) is 46.1 Å². The summed E-state index contributed by atoms with van der Waals surface area (Å²) >= 11 is 0. The summed E-state index contributed by atoms with van der Waals surface area (Å²) in [6.07, 6.45) is 1.84. The average molecular weight is 414 g/mol. The van der Waals surface area contributed by atoms with Gasteiger partial charge in [0.25, 0.3) is 0 Å². The molecule has 0 amide bonds. The van der Waals surface area contributed by atoms with E-state index in [9.17, 15) is 20.1 Å². The molecule has 0 aliphatic heterocycles. The summed E-state index contributed by atoms with van der Waals surface area (Å²) < 4.78 is 21.9. The maximum absolute atomic E-state index is 12.8. The Bertz CT molecular complexity index is 1190. The van der Waals surface area contributed by atoms with Crippen molar-refractivity contribution in [1.29, 1.82) is 0 Å². The lowest BCUT2D eigenvalue weighted by Crippen LogP contribution is -2.05. The van der Waals surface area contributed by atoms with Crippen LogP contribution < -0.4 is 19.6 Å². The van der Waals surface area contributed by atoms with Gasteiger partial charge in [-0.25, -0.2) is 0 Å². The zero-order chi connectivity index (χ0) is 22.0. The monoisotopic (exact) mass is 414 g/mol. The van der Waals surface area contributed by atoms with Crippen molar-refractivity contribution >= 4 is 11.0 Å². The van der Waals surface area contributed by atoms with E-state index in [1.165, 1.54) is 38.5 Å². The minimum atomic E-state index is -0.843. The summed E-state index contributed by atoms with van der Waals surface area (Å²) in [4.78, 5) is 12.8. The number of phenolic OH excluding ortho intramolecular Hbond substituents is 2. The Kier molecular flexibility index (Phi) is 5.77. The molecule has 1 aromatic heterocycles. The van der Waals surface area contributed by atoms with Crippen LogP contribution in [0, 0.1) is 0 Å². The fourth-order valence-corrected chi connectivity index (χ4v) is 2.91. The number of hydrogen-bond donors (Lipinski definition) is 3. The number of hydrogen-bond acceptors (Lipinski definition) is 8. The highest BCUT2D eigenvalue weighted by molar-refractivity contribution is 5.93. The highest BCUT2D eigenvalue weighted by Gasteiger charge is 2.24. The fourth-order valence-electron chi connectivity index (χ4n) is 2.91. The van der Waals surface area contributed by atoms with Gasteiger partial charge in [0.1, 0.15) is 17.7 Å². The molecule has 3 rings (SSSR count). The van der Waals surface area contributed by atoms with E-state index in [0.29, 0.717) is 0 Å². The minimum absolute atomic E-state index is 0.0884. The molecule has 2 aromatic carbocycles. The van der Waals surface area contributed by atoms with Crippen molar-refractivity contribution < 1.29 is 33.9 Å². The van der Waals surface area contributed by atoms with E-state index in [-0.39, 0.29) is 51.9 Å². The fraction of sp³-hybridized carbons (Fsp3) is 0.227. The second-order valence-corrected chi connectivity index (χ2v) is 6.72. The lowest BCUT2D eigenvalue weighted by atomic mass is 10.1. The van der Waals surface area contributed by atoms with Gasteiger partial charge < -0.3 is 33.9 Å². The smallest absolute Gasteiger partial charge is 0.238 e. The molecule has 3 aromatic rings. The maximum Gasteiger partial charge on any atom is 0.238 e. The summed E-state index contributed by atoms with van der Waals surface area (Å²) in [5.74, 6) is -1.03. The number of benzene rings is 2. The van der Waals surface area contributed by atoms with Crippen LogP contribution in [-0.2, 0) is 0 Å². The van der Waals surface area contributed by atoms with Gasteiger partial charge in [-0.2, -0.15) is 0 Å². The molecule has 30 heavy (non-hydrogen) atoms. The van der Waals surface area contributed by atoms with Gasteiger partial charge in [-0.15, -0.1) is 0 Å². The molecule has 158 valence electrons. The summed E-state index contributed by atoms with van der Waals surface area (Å²) in [7, 11) is 2.74. The third kappa shape index (κ3) is 3.71. The van der Waals surface area contributed by atoms with Gasteiger partial charge in [-0.1, -0.05) is 5.57 Å². The van der Waals surface area contributed by atoms with Crippen LogP contribution in [-0.4, -0.2) is 36.1 Å². The van der Waals surface area contributed by atoms with Crippen molar-refractivity contribution in [2.24, 2.45) is 0 Å². The lowest BCUT2D eigenvalue weighted by Gasteiger charge is -2.14. The van der Waals surface area contributed by atoms with Gasteiger partial charge >= 0.3 is 0 Å². The van der Waals surface area contributed by atoms with Gasteiger partial charge in [-0.3, -0.25) is 4.79 Å². The van der Waals surface area contributed by atoms with Crippen LogP contribution in [0.5, 0.6) is 34.5 Å². The Hall–Kier alpha value is -3.81. The molecule has 0 unspecified atom stereocenters. The first-order valence-electron chi connectivity index (χ1n) is 9.01. The van der Waals surface area contributed by atoms with E-state index < -0.39 is 16.9 Å². The number of allylic oxidation sites excluding steroid dienone is 1. The molecule has 0 aliphatic carbocycles. The predicted molar refractivity (Wildman–Crippen MR) is 111 cm³/mol. The quantitative estimate of drug-likeness (QED) is 0.519. The first kappa shape index (κ1) is 20.9. The normalized spacial score (nSPS) is 10.7. The Morgan fingerprint density at radius 3 is 2.40 bits per heavy atom. The number of rotatable bonds is 6. The molecule has 0 radical (unpaired) electrons. The predicted octanol–water partition coefficient (Wildman–Crippen LogP) is 3.94. The SMILES string of the molecule is COc1cc(-c2oc3c(OC)c(OCC=C(C)C)cc(O)c3c(=O)c2O)ccc1O. The van der Waals surface area contributed by atoms with Gasteiger partial charge in [-0.05, 0) is 38.1 Å². The third-order valence-corrected chi connectivity index (χ3v) is 4.42. The van der Waals surface area contributed by atoms with Crippen LogP contribution in [0.15, 0.2) is 45.1 Å². The minimum Gasteiger partial charge on any atom is -0.507 e. The van der Waals surface area contributed by atoms with Crippen LogP contribution in [0.4, 0.5) is 0 Å². The molecule has 0 saturated heterocycles. The molecule has 0 atom stereocenters. The molecule has 1 heterocycles. The zero-order valence-corrected chi connectivity index (χ0v) is 17.0. The number of fused-ring (bicyclic) bond motifs is 1. The number of methoxy groups -OCH3 is 2. The molecule has 3 N–H and O–H groups in total. The van der Waals surface area contributed by atoms with Crippen LogP contribution in [0.2, 0.25) is 0 Å². The Morgan fingerprint density at radius 2 is 1.77 bits per heavy atom. The molecule has 0 saturated carbocycles. The standard InChI is InChI=1S/C22H22O8/c1-11(2)7-8-29-16-10-14(24)17-18(25)19(26)20(30-22(17)21(16)28-4)12-5-6-13(23)15(9-12)27-3/h5-7,9-10,23-24,26H,8H2,1-4H3. The molecule has 0 spiro atoms. The molecule has 8 heteroatoms. The lowest BCUT2D eigenvalue weighted by molar-refractivity contribution is 0.322. The van der Waals surface area contributed by atoms with E-state index in [0.717, 1.165) is 5.57 Å². The van der Waals surface area contributed by atoms with Gasteiger partial charge in [0.05, 0.1) is 14.2 Å². The zero-order valence-electron chi connectivity index (χ0n) is 17.0. The van der Waals surface area contributed by atoms with E-state index in [2.05, 4.69) is 0 Å². The molecular weight excluding hydrogens is 392 g/mol. The van der Waals surface area contributed by atoms with Crippen LogP contribution in [0.3, 0.4) is 0 Å². The molecule has 0 fully saturated rings. The van der Waals surface area contributed by atoms with Crippen molar-refractivity contribution in [3.8, 4) is 45.8 Å². The van der Waals surface area contributed by atoms with E-state index >= 15 is 0 Å². The molecular formula is C22H22O8. The summed E-state index contributed by atoms with van der Waals surface area (Å²) in [5.41, 5.74) is 0.386. The van der Waals surface area contributed by atoms with Crippen molar-refractivity contribution in [3.63, 3.8) is 0 Å². The van der Waals surface area contributed by atoms with Crippen molar-refractivity contribution in [1.82, 2.24) is 0 Å².